The summed E-state index contributed by atoms with van der Waals surface area (Å²) in [5.74, 6) is 0.739. The number of nitrogens with one attached hydrogen (secondary N) is 1. The Morgan fingerprint density at radius 2 is 1.88 bits per heavy atom. The van der Waals surface area contributed by atoms with Crippen LogP contribution in [0, 0.1) is 6.92 Å². The van der Waals surface area contributed by atoms with Gasteiger partial charge < -0.3 is 10.1 Å². The second-order valence-electron chi connectivity index (χ2n) is 5.79. The maximum Gasteiger partial charge on any atom is 0.241 e. The van der Waals surface area contributed by atoms with E-state index in [2.05, 4.69) is 5.32 Å². The van der Waals surface area contributed by atoms with E-state index in [9.17, 15) is 4.79 Å². The van der Waals surface area contributed by atoms with Crippen molar-refractivity contribution in [2.45, 2.75) is 19.9 Å². The van der Waals surface area contributed by atoms with E-state index in [4.69, 9.17) is 16.3 Å². The molecule has 1 N–H and O–H groups in total. The zero-order valence-electron chi connectivity index (χ0n) is 14.3. The Morgan fingerprint density at radius 3 is 2.54 bits per heavy atom. The first-order valence-electron chi connectivity index (χ1n) is 7.92. The number of aryl methyl sites for hydroxylation is 1. The SMILES string of the molecule is Cc1ccc(OCCN(C)C(C)C(=O)Nc2ccccc2Cl)cc1. The number of ether oxygens (including phenoxy) is 1. The molecule has 0 saturated carbocycles. The normalized spacial score (nSPS) is 12.0. The first-order chi connectivity index (χ1) is 11.5. The third kappa shape index (κ3) is 5.25. The topological polar surface area (TPSA) is 41.6 Å². The molecule has 2 aromatic rings. The zero-order chi connectivity index (χ0) is 17.5. The lowest BCUT2D eigenvalue weighted by Crippen LogP contribution is -2.41. The van der Waals surface area contributed by atoms with Gasteiger partial charge in [-0.05, 0) is 45.2 Å². The lowest BCUT2D eigenvalue weighted by molar-refractivity contribution is -0.120. The minimum atomic E-state index is -0.289. The molecule has 2 rings (SSSR count). The summed E-state index contributed by atoms with van der Waals surface area (Å²) >= 11 is 6.07. The van der Waals surface area contributed by atoms with Gasteiger partial charge in [0.15, 0.2) is 0 Å². The summed E-state index contributed by atoms with van der Waals surface area (Å²) in [6, 6.07) is 14.8. The van der Waals surface area contributed by atoms with Gasteiger partial charge in [-0.3, -0.25) is 9.69 Å². The predicted molar refractivity (Wildman–Crippen MR) is 98.8 cm³/mol. The average molecular weight is 347 g/mol. The molecule has 24 heavy (non-hydrogen) atoms. The van der Waals surface area contributed by atoms with Crippen molar-refractivity contribution in [3.05, 3.63) is 59.1 Å². The molecule has 128 valence electrons. The van der Waals surface area contributed by atoms with E-state index in [-0.39, 0.29) is 11.9 Å². The molecular formula is C19H23ClN2O2. The fourth-order valence-electron chi connectivity index (χ4n) is 2.14. The number of anilines is 1. The van der Waals surface area contributed by atoms with Crippen LogP contribution in [0.2, 0.25) is 5.02 Å². The van der Waals surface area contributed by atoms with Gasteiger partial charge in [-0.1, -0.05) is 41.4 Å². The van der Waals surface area contributed by atoms with E-state index in [1.807, 2.05) is 62.2 Å². The van der Waals surface area contributed by atoms with Crippen molar-refractivity contribution >= 4 is 23.2 Å². The van der Waals surface area contributed by atoms with Crippen LogP contribution < -0.4 is 10.1 Å². The van der Waals surface area contributed by atoms with Crippen molar-refractivity contribution in [2.24, 2.45) is 0 Å². The standard InChI is InChI=1S/C19H23ClN2O2/c1-14-8-10-16(11-9-14)24-13-12-22(3)15(2)19(23)21-18-7-5-4-6-17(18)20/h4-11,15H,12-13H2,1-3H3,(H,21,23). The second-order valence-corrected chi connectivity index (χ2v) is 6.19. The number of benzene rings is 2. The molecular weight excluding hydrogens is 324 g/mol. The number of amides is 1. The number of hydrogen-bond donors (Lipinski definition) is 1. The molecule has 2 aromatic carbocycles. The van der Waals surface area contributed by atoms with Crippen molar-refractivity contribution < 1.29 is 9.53 Å². The van der Waals surface area contributed by atoms with E-state index in [0.29, 0.717) is 23.9 Å². The van der Waals surface area contributed by atoms with Crippen LogP contribution in [0.25, 0.3) is 0 Å². The average Bonchev–Trinajstić information content (AvgIpc) is 2.58. The lowest BCUT2D eigenvalue weighted by atomic mass is 10.2. The molecule has 0 spiro atoms. The maximum atomic E-state index is 12.3. The number of hydrogen-bond acceptors (Lipinski definition) is 3. The van der Waals surface area contributed by atoms with Crippen molar-refractivity contribution in [1.82, 2.24) is 4.90 Å². The van der Waals surface area contributed by atoms with E-state index >= 15 is 0 Å². The van der Waals surface area contributed by atoms with E-state index in [0.717, 1.165) is 5.75 Å². The molecule has 0 bridgehead atoms. The minimum absolute atomic E-state index is 0.0964. The third-order valence-electron chi connectivity index (χ3n) is 3.91. The molecule has 0 aromatic heterocycles. The molecule has 0 aliphatic heterocycles. The fraction of sp³-hybridized carbons (Fsp3) is 0.316. The van der Waals surface area contributed by atoms with Gasteiger partial charge >= 0.3 is 0 Å². The molecule has 0 saturated heterocycles. The summed E-state index contributed by atoms with van der Waals surface area (Å²) < 4.78 is 5.70. The first-order valence-corrected chi connectivity index (χ1v) is 8.30. The fourth-order valence-corrected chi connectivity index (χ4v) is 2.32. The Labute approximate surface area is 148 Å². The lowest BCUT2D eigenvalue weighted by Gasteiger charge is -2.24. The van der Waals surface area contributed by atoms with Crippen LogP contribution in [0.3, 0.4) is 0 Å². The van der Waals surface area contributed by atoms with Crippen molar-refractivity contribution in [3.63, 3.8) is 0 Å². The monoisotopic (exact) mass is 346 g/mol. The molecule has 4 nitrogen and oxygen atoms in total. The molecule has 0 heterocycles. The number of rotatable bonds is 7. The highest BCUT2D eigenvalue weighted by Gasteiger charge is 2.18. The van der Waals surface area contributed by atoms with Crippen LogP contribution in [0.5, 0.6) is 5.75 Å². The van der Waals surface area contributed by atoms with Crippen LogP contribution in [0.1, 0.15) is 12.5 Å². The van der Waals surface area contributed by atoms with Crippen LogP contribution in [-0.4, -0.2) is 37.0 Å². The van der Waals surface area contributed by atoms with Crippen molar-refractivity contribution in [2.75, 3.05) is 25.5 Å². The Balaban J connectivity index is 1.80. The molecule has 5 heteroatoms. The zero-order valence-corrected chi connectivity index (χ0v) is 15.0. The van der Waals surface area contributed by atoms with Gasteiger partial charge in [0.2, 0.25) is 5.91 Å². The minimum Gasteiger partial charge on any atom is -0.492 e. The Hall–Kier alpha value is -2.04. The highest BCUT2D eigenvalue weighted by Crippen LogP contribution is 2.20. The van der Waals surface area contributed by atoms with Gasteiger partial charge in [0.25, 0.3) is 0 Å². The van der Waals surface area contributed by atoms with Gasteiger partial charge in [0, 0.05) is 6.54 Å². The van der Waals surface area contributed by atoms with Crippen LogP contribution in [-0.2, 0) is 4.79 Å². The highest BCUT2D eigenvalue weighted by atomic mass is 35.5. The quantitative estimate of drug-likeness (QED) is 0.824. The predicted octanol–water partition coefficient (Wildman–Crippen LogP) is 3.99. The molecule has 0 aliphatic rings. The van der Waals surface area contributed by atoms with Gasteiger partial charge in [0.1, 0.15) is 12.4 Å². The summed E-state index contributed by atoms with van der Waals surface area (Å²) in [6.07, 6.45) is 0. The Kier molecular flexibility index (Phi) is 6.64. The van der Waals surface area contributed by atoms with E-state index in [1.54, 1.807) is 12.1 Å². The maximum absolute atomic E-state index is 12.3. The van der Waals surface area contributed by atoms with Crippen LogP contribution >= 0.6 is 11.6 Å². The van der Waals surface area contributed by atoms with Gasteiger partial charge in [-0.2, -0.15) is 0 Å². The molecule has 0 aliphatic carbocycles. The largest absolute Gasteiger partial charge is 0.492 e. The van der Waals surface area contributed by atoms with Crippen molar-refractivity contribution in [3.8, 4) is 5.75 Å². The number of para-hydroxylation sites is 1. The van der Waals surface area contributed by atoms with Gasteiger partial charge in [-0.25, -0.2) is 0 Å². The summed E-state index contributed by atoms with van der Waals surface area (Å²) in [4.78, 5) is 14.3. The number of carbonyl (C=O) groups excluding carboxylic acids is 1. The molecule has 1 atom stereocenters. The summed E-state index contributed by atoms with van der Waals surface area (Å²) in [5, 5.41) is 3.38. The molecule has 1 unspecified atom stereocenters. The number of halogens is 1. The Morgan fingerprint density at radius 1 is 1.21 bits per heavy atom. The van der Waals surface area contributed by atoms with Crippen LogP contribution in [0.15, 0.2) is 48.5 Å². The second kappa shape index (κ2) is 8.71. The van der Waals surface area contributed by atoms with Crippen LogP contribution in [0.4, 0.5) is 5.69 Å². The summed E-state index contributed by atoms with van der Waals surface area (Å²) in [7, 11) is 1.90. The third-order valence-corrected chi connectivity index (χ3v) is 4.24. The number of nitrogens with zero attached hydrogens (tertiary/aromatic N) is 1. The van der Waals surface area contributed by atoms with Gasteiger partial charge in [-0.15, -0.1) is 0 Å². The molecule has 1 amide bonds. The Bertz CT molecular complexity index is 673. The van der Waals surface area contributed by atoms with E-state index in [1.165, 1.54) is 5.56 Å². The molecule has 0 radical (unpaired) electrons. The smallest absolute Gasteiger partial charge is 0.241 e. The van der Waals surface area contributed by atoms with E-state index < -0.39 is 0 Å². The summed E-state index contributed by atoms with van der Waals surface area (Å²) in [5.41, 5.74) is 1.82. The van der Waals surface area contributed by atoms with Gasteiger partial charge in [0.05, 0.1) is 16.8 Å². The summed E-state index contributed by atoms with van der Waals surface area (Å²) in [6.45, 7) is 5.06. The highest BCUT2D eigenvalue weighted by molar-refractivity contribution is 6.33. The first kappa shape index (κ1) is 18.3. The van der Waals surface area contributed by atoms with Crippen molar-refractivity contribution in [1.29, 1.82) is 0 Å². The molecule has 0 fully saturated rings. The number of likely N-dealkylation sites (N-methyl/N-ethyl adjacent to an activating group) is 1. The number of carbonyl (C=O) groups is 1.